The van der Waals surface area contributed by atoms with E-state index in [1.54, 1.807) is 30.4 Å². The zero-order valence-electron chi connectivity index (χ0n) is 16.5. The third kappa shape index (κ3) is 4.83. The molecular weight excluding hydrogens is 391 g/mol. The van der Waals surface area contributed by atoms with Crippen molar-refractivity contribution < 1.29 is 13.9 Å². The average Bonchev–Trinajstić information content (AvgIpc) is 3.30. The minimum Gasteiger partial charge on any atom is -0.379 e. The molecule has 154 valence electrons. The maximum absolute atomic E-state index is 13.2. The zero-order valence-corrected chi connectivity index (χ0v) is 17.3. The van der Waals surface area contributed by atoms with E-state index in [-0.39, 0.29) is 11.7 Å². The summed E-state index contributed by atoms with van der Waals surface area (Å²) in [5.74, 6) is -0.153. The molecule has 0 atom stereocenters. The van der Waals surface area contributed by atoms with Crippen molar-refractivity contribution in [3.63, 3.8) is 0 Å². The van der Waals surface area contributed by atoms with Crippen LogP contribution in [0.25, 0.3) is 16.2 Å². The van der Waals surface area contributed by atoms with Crippen molar-refractivity contribution in [2.24, 2.45) is 0 Å². The number of morpholine rings is 1. The molecule has 1 aliphatic heterocycles. The van der Waals surface area contributed by atoms with Gasteiger partial charge in [0.05, 0.1) is 18.9 Å². The second kappa shape index (κ2) is 9.02. The number of carbonyl (C=O) groups is 1. The number of hydrogen-bond acceptors (Lipinski definition) is 5. The molecule has 0 radical (unpaired) electrons. The Morgan fingerprint density at radius 1 is 1.24 bits per heavy atom. The molecule has 4 rings (SSSR count). The van der Waals surface area contributed by atoms with Crippen LogP contribution in [-0.2, 0) is 16.0 Å². The van der Waals surface area contributed by atoms with E-state index in [2.05, 4.69) is 19.7 Å². The minimum atomic E-state index is -0.253. The van der Waals surface area contributed by atoms with Crippen LogP contribution in [-0.4, -0.2) is 71.0 Å². The van der Waals surface area contributed by atoms with Crippen LogP contribution in [0.4, 0.5) is 4.39 Å². The molecule has 0 saturated carbocycles. The number of aromatic nitrogens is 2. The van der Waals surface area contributed by atoms with E-state index in [1.165, 1.54) is 12.1 Å². The van der Waals surface area contributed by atoms with E-state index in [1.807, 2.05) is 11.1 Å². The van der Waals surface area contributed by atoms with Crippen molar-refractivity contribution in [2.75, 3.05) is 45.9 Å². The fraction of sp³-hybridized carbons (Fsp3) is 0.429. The molecule has 1 fully saturated rings. The molecule has 0 spiro atoms. The van der Waals surface area contributed by atoms with Gasteiger partial charge in [-0.15, -0.1) is 11.3 Å². The van der Waals surface area contributed by atoms with Gasteiger partial charge in [-0.05, 0) is 24.3 Å². The summed E-state index contributed by atoms with van der Waals surface area (Å²) in [5.41, 5.74) is 2.85. The van der Waals surface area contributed by atoms with E-state index in [0.717, 1.165) is 67.7 Å². The van der Waals surface area contributed by atoms with Crippen LogP contribution >= 0.6 is 11.3 Å². The maximum Gasteiger partial charge on any atom is 0.219 e. The normalized spacial score (nSPS) is 15.1. The van der Waals surface area contributed by atoms with E-state index >= 15 is 0 Å². The molecule has 29 heavy (non-hydrogen) atoms. The predicted octanol–water partition coefficient (Wildman–Crippen LogP) is 2.93. The molecule has 1 aromatic carbocycles. The first-order valence-electron chi connectivity index (χ1n) is 9.87. The molecule has 0 bridgehead atoms. The van der Waals surface area contributed by atoms with Gasteiger partial charge in [0.2, 0.25) is 5.91 Å². The van der Waals surface area contributed by atoms with Crippen LogP contribution in [0.15, 0.2) is 35.8 Å². The fourth-order valence-corrected chi connectivity index (χ4v) is 4.44. The molecule has 8 heteroatoms. The van der Waals surface area contributed by atoms with E-state index in [0.29, 0.717) is 6.54 Å². The van der Waals surface area contributed by atoms with Gasteiger partial charge in [-0.1, -0.05) is 0 Å². The minimum absolute atomic E-state index is 0.0994. The van der Waals surface area contributed by atoms with Crippen molar-refractivity contribution in [3.05, 3.63) is 47.4 Å². The first-order chi connectivity index (χ1) is 14.1. The van der Waals surface area contributed by atoms with Gasteiger partial charge in [0, 0.05) is 68.9 Å². The zero-order chi connectivity index (χ0) is 20.2. The van der Waals surface area contributed by atoms with E-state index in [4.69, 9.17) is 4.74 Å². The Bertz CT molecular complexity index is 963. The van der Waals surface area contributed by atoms with Crippen LogP contribution in [0.2, 0.25) is 0 Å². The lowest BCUT2D eigenvalue weighted by Gasteiger charge is -2.29. The summed E-state index contributed by atoms with van der Waals surface area (Å²) in [5, 5.41) is 2.09. The van der Waals surface area contributed by atoms with Crippen molar-refractivity contribution in [3.8, 4) is 11.3 Å². The number of fused-ring (bicyclic) bond motifs is 1. The molecule has 3 aromatic rings. The largest absolute Gasteiger partial charge is 0.379 e. The van der Waals surface area contributed by atoms with Crippen molar-refractivity contribution in [2.45, 2.75) is 13.3 Å². The first kappa shape index (κ1) is 20.0. The standard InChI is InChI=1S/C21H25FN4O2S/c1-16(27)25(9-8-24-10-12-28-13-11-24)7-6-19-15-29-21-23-20(14-26(19)21)17-2-4-18(22)5-3-17/h2-5,14-15H,6-13H2,1H3. The number of ether oxygens (including phenoxy) is 1. The smallest absolute Gasteiger partial charge is 0.219 e. The molecule has 1 saturated heterocycles. The number of nitrogens with zero attached hydrogens (tertiary/aromatic N) is 4. The van der Waals surface area contributed by atoms with Crippen molar-refractivity contribution in [1.29, 1.82) is 0 Å². The highest BCUT2D eigenvalue weighted by Gasteiger charge is 2.16. The summed E-state index contributed by atoms with van der Waals surface area (Å²) in [6.07, 6.45) is 2.75. The number of rotatable bonds is 7. The maximum atomic E-state index is 13.2. The van der Waals surface area contributed by atoms with Gasteiger partial charge in [-0.3, -0.25) is 14.1 Å². The molecule has 1 amide bonds. The summed E-state index contributed by atoms with van der Waals surface area (Å²) in [4.78, 5) is 21.9. The number of amides is 1. The lowest BCUT2D eigenvalue weighted by atomic mass is 10.2. The summed E-state index contributed by atoms with van der Waals surface area (Å²) < 4.78 is 20.6. The summed E-state index contributed by atoms with van der Waals surface area (Å²) in [6.45, 7) is 7.31. The number of carbonyl (C=O) groups excluding carboxylic acids is 1. The Hall–Kier alpha value is -2.29. The van der Waals surface area contributed by atoms with Gasteiger partial charge in [0.1, 0.15) is 5.82 Å². The molecule has 0 aliphatic carbocycles. The number of benzene rings is 1. The van der Waals surface area contributed by atoms with Crippen molar-refractivity contribution >= 4 is 22.2 Å². The highest BCUT2D eigenvalue weighted by molar-refractivity contribution is 7.15. The van der Waals surface area contributed by atoms with Crippen LogP contribution in [0.5, 0.6) is 0 Å². The Kier molecular flexibility index (Phi) is 6.22. The lowest BCUT2D eigenvalue weighted by Crippen LogP contribution is -2.43. The van der Waals surface area contributed by atoms with Gasteiger partial charge in [-0.25, -0.2) is 9.37 Å². The Morgan fingerprint density at radius 2 is 2.00 bits per heavy atom. The monoisotopic (exact) mass is 416 g/mol. The number of thiazole rings is 1. The number of imidazole rings is 1. The SMILES string of the molecule is CC(=O)N(CCc1csc2nc(-c3ccc(F)cc3)cn12)CCN1CCOCC1. The third-order valence-corrected chi connectivity index (χ3v) is 6.19. The fourth-order valence-electron chi connectivity index (χ4n) is 3.53. The molecule has 3 heterocycles. The van der Waals surface area contributed by atoms with Gasteiger partial charge in [0.15, 0.2) is 4.96 Å². The molecule has 6 nitrogen and oxygen atoms in total. The summed E-state index contributed by atoms with van der Waals surface area (Å²) in [7, 11) is 0. The van der Waals surface area contributed by atoms with Crippen LogP contribution in [0.3, 0.4) is 0 Å². The van der Waals surface area contributed by atoms with E-state index in [9.17, 15) is 9.18 Å². The second-order valence-corrected chi connectivity index (χ2v) is 8.06. The number of halogens is 1. The lowest BCUT2D eigenvalue weighted by molar-refractivity contribution is -0.129. The topological polar surface area (TPSA) is 50.1 Å². The quantitative estimate of drug-likeness (QED) is 0.594. The van der Waals surface area contributed by atoms with Gasteiger partial charge in [0.25, 0.3) is 0 Å². The highest BCUT2D eigenvalue weighted by Crippen LogP contribution is 2.24. The number of hydrogen-bond donors (Lipinski definition) is 0. The van der Waals surface area contributed by atoms with Crippen molar-refractivity contribution in [1.82, 2.24) is 19.2 Å². The van der Waals surface area contributed by atoms with Gasteiger partial charge in [-0.2, -0.15) is 0 Å². The molecule has 2 aromatic heterocycles. The van der Waals surface area contributed by atoms with E-state index < -0.39 is 0 Å². The van der Waals surface area contributed by atoms with Gasteiger partial charge < -0.3 is 9.64 Å². The van der Waals surface area contributed by atoms with Crippen LogP contribution in [0.1, 0.15) is 12.6 Å². The third-order valence-electron chi connectivity index (χ3n) is 5.30. The first-order valence-corrected chi connectivity index (χ1v) is 10.7. The highest BCUT2D eigenvalue weighted by atomic mass is 32.1. The summed E-state index contributed by atoms with van der Waals surface area (Å²) in [6, 6.07) is 6.38. The van der Waals surface area contributed by atoms with Gasteiger partial charge >= 0.3 is 0 Å². The average molecular weight is 417 g/mol. The van der Waals surface area contributed by atoms with Crippen LogP contribution in [0, 0.1) is 5.82 Å². The summed E-state index contributed by atoms with van der Waals surface area (Å²) >= 11 is 1.58. The Labute approximate surface area is 173 Å². The molecular formula is C21H25FN4O2S. The molecule has 0 unspecified atom stereocenters. The Balaban J connectivity index is 1.41. The molecule has 1 aliphatic rings. The molecule has 0 N–H and O–H groups in total. The Morgan fingerprint density at radius 3 is 2.72 bits per heavy atom. The van der Waals surface area contributed by atoms with Crippen LogP contribution < -0.4 is 0 Å². The predicted molar refractivity (Wildman–Crippen MR) is 112 cm³/mol. The second-order valence-electron chi connectivity index (χ2n) is 7.22.